The number of hydrogen-bond acceptors (Lipinski definition) is 1. The summed E-state index contributed by atoms with van der Waals surface area (Å²) in [5.41, 5.74) is 0.265. The van der Waals surface area contributed by atoms with Gasteiger partial charge in [-0.15, -0.1) is 0 Å². The van der Waals surface area contributed by atoms with Gasteiger partial charge < -0.3 is 4.90 Å². The van der Waals surface area contributed by atoms with E-state index in [2.05, 4.69) is 0 Å². The molecule has 0 spiro atoms. The number of anilines is 1. The van der Waals surface area contributed by atoms with Crippen LogP contribution in [0.3, 0.4) is 0 Å². The Labute approximate surface area is 86.5 Å². The normalized spacial score (nSPS) is 16.5. The lowest BCUT2D eigenvalue weighted by molar-refractivity contribution is -0.137. The average molecular weight is 215 g/mol. The molecule has 1 nitrogen and oxygen atoms in total. The van der Waals surface area contributed by atoms with Crippen LogP contribution in [0.1, 0.15) is 18.4 Å². The van der Waals surface area contributed by atoms with Crippen LogP contribution in [0.4, 0.5) is 18.9 Å². The molecular formula is C11H12F3N. The molecule has 1 saturated carbocycles. The lowest BCUT2D eigenvalue weighted by Crippen LogP contribution is -2.19. The summed E-state index contributed by atoms with van der Waals surface area (Å²) in [6, 6.07) is 5.84. The summed E-state index contributed by atoms with van der Waals surface area (Å²) < 4.78 is 36.8. The van der Waals surface area contributed by atoms with E-state index in [1.807, 2.05) is 11.9 Å². The maximum absolute atomic E-state index is 12.3. The van der Waals surface area contributed by atoms with E-state index in [9.17, 15) is 13.2 Å². The first-order chi connectivity index (χ1) is 6.98. The van der Waals surface area contributed by atoms with Gasteiger partial charge in [-0.3, -0.25) is 0 Å². The first-order valence-electron chi connectivity index (χ1n) is 4.88. The van der Waals surface area contributed by atoms with E-state index in [1.54, 1.807) is 0 Å². The fraction of sp³-hybridized carbons (Fsp3) is 0.455. The number of alkyl halides is 3. The minimum Gasteiger partial charge on any atom is -0.372 e. The van der Waals surface area contributed by atoms with Gasteiger partial charge in [-0.1, -0.05) is 0 Å². The molecule has 0 saturated heterocycles. The van der Waals surface area contributed by atoms with E-state index in [0.717, 1.165) is 30.7 Å². The number of benzene rings is 1. The quantitative estimate of drug-likeness (QED) is 0.731. The lowest BCUT2D eigenvalue weighted by atomic mass is 10.2. The smallest absolute Gasteiger partial charge is 0.372 e. The molecule has 0 unspecified atom stereocenters. The molecule has 0 aromatic heterocycles. The van der Waals surface area contributed by atoms with Crippen molar-refractivity contribution in [2.45, 2.75) is 25.1 Å². The van der Waals surface area contributed by atoms with Crippen LogP contribution in [-0.4, -0.2) is 13.1 Å². The van der Waals surface area contributed by atoms with Crippen molar-refractivity contribution in [1.82, 2.24) is 0 Å². The molecule has 82 valence electrons. The van der Waals surface area contributed by atoms with Gasteiger partial charge in [-0.25, -0.2) is 0 Å². The number of halogens is 3. The van der Waals surface area contributed by atoms with Crippen molar-refractivity contribution >= 4 is 5.69 Å². The molecule has 15 heavy (non-hydrogen) atoms. The van der Waals surface area contributed by atoms with Crippen LogP contribution in [0.5, 0.6) is 0 Å². The predicted octanol–water partition coefficient (Wildman–Crippen LogP) is 3.30. The zero-order chi connectivity index (χ0) is 11.1. The van der Waals surface area contributed by atoms with Gasteiger partial charge in [-0.2, -0.15) is 13.2 Å². The highest BCUT2D eigenvalue weighted by Gasteiger charge is 2.31. The fourth-order valence-electron chi connectivity index (χ4n) is 1.56. The standard InChI is InChI=1S/C11H12F3N/c1-15(10-6-7-10)9-4-2-8(3-5-9)11(12,13)14/h2-5,10H,6-7H2,1H3. The van der Waals surface area contributed by atoms with Crippen LogP contribution in [0.25, 0.3) is 0 Å². The molecule has 0 aliphatic heterocycles. The summed E-state index contributed by atoms with van der Waals surface area (Å²) in [6.07, 6.45) is -1.97. The Morgan fingerprint density at radius 2 is 1.67 bits per heavy atom. The van der Waals surface area contributed by atoms with Gasteiger partial charge in [-0.05, 0) is 37.1 Å². The first kappa shape index (κ1) is 10.3. The molecule has 1 aromatic rings. The topological polar surface area (TPSA) is 3.24 Å². The summed E-state index contributed by atoms with van der Waals surface area (Å²) in [4.78, 5) is 2.03. The van der Waals surface area contributed by atoms with Crippen molar-refractivity contribution in [1.29, 1.82) is 0 Å². The second-order valence-electron chi connectivity index (χ2n) is 3.89. The van der Waals surface area contributed by atoms with E-state index >= 15 is 0 Å². The highest BCUT2D eigenvalue weighted by molar-refractivity contribution is 5.49. The van der Waals surface area contributed by atoms with E-state index in [4.69, 9.17) is 0 Å². The summed E-state index contributed by atoms with van der Waals surface area (Å²) in [5.74, 6) is 0. The Kier molecular flexibility index (Phi) is 2.37. The van der Waals surface area contributed by atoms with E-state index in [1.165, 1.54) is 12.1 Å². The molecule has 0 atom stereocenters. The minimum atomic E-state index is -4.24. The van der Waals surface area contributed by atoms with Gasteiger partial charge in [0.15, 0.2) is 0 Å². The highest BCUT2D eigenvalue weighted by atomic mass is 19.4. The van der Waals surface area contributed by atoms with Crippen LogP contribution < -0.4 is 4.90 Å². The van der Waals surface area contributed by atoms with Crippen LogP contribution in [-0.2, 0) is 6.18 Å². The molecule has 0 radical (unpaired) electrons. The van der Waals surface area contributed by atoms with Crippen molar-refractivity contribution < 1.29 is 13.2 Å². The summed E-state index contributed by atoms with van der Waals surface area (Å²) in [6.45, 7) is 0. The molecule has 1 aliphatic rings. The van der Waals surface area contributed by atoms with Gasteiger partial charge in [0, 0.05) is 18.8 Å². The van der Waals surface area contributed by atoms with Crippen molar-refractivity contribution in [2.24, 2.45) is 0 Å². The second-order valence-corrected chi connectivity index (χ2v) is 3.89. The molecule has 1 aliphatic carbocycles. The minimum absolute atomic E-state index is 0.515. The molecule has 2 rings (SSSR count). The largest absolute Gasteiger partial charge is 0.416 e. The van der Waals surface area contributed by atoms with Gasteiger partial charge in [0.25, 0.3) is 0 Å². The molecule has 1 fully saturated rings. The number of hydrogen-bond donors (Lipinski definition) is 0. The molecule has 1 aromatic carbocycles. The summed E-state index contributed by atoms with van der Waals surface area (Å²) in [7, 11) is 1.92. The lowest BCUT2D eigenvalue weighted by Gasteiger charge is -2.19. The molecule has 0 bridgehead atoms. The van der Waals surface area contributed by atoms with Gasteiger partial charge >= 0.3 is 6.18 Å². The third kappa shape index (κ3) is 2.25. The van der Waals surface area contributed by atoms with Gasteiger partial charge in [0.1, 0.15) is 0 Å². The summed E-state index contributed by atoms with van der Waals surface area (Å²) in [5, 5.41) is 0. The highest BCUT2D eigenvalue weighted by Crippen LogP contribution is 2.33. The predicted molar refractivity (Wildman–Crippen MR) is 52.9 cm³/mol. The average Bonchev–Trinajstić information content (AvgIpc) is 2.99. The van der Waals surface area contributed by atoms with Crippen molar-refractivity contribution in [3.63, 3.8) is 0 Å². The second kappa shape index (κ2) is 3.43. The van der Waals surface area contributed by atoms with Crippen LogP contribution in [0.15, 0.2) is 24.3 Å². The zero-order valence-corrected chi connectivity index (χ0v) is 8.38. The van der Waals surface area contributed by atoms with E-state index in [-0.39, 0.29) is 0 Å². The Hall–Kier alpha value is -1.19. The Morgan fingerprint density at radius 1 is 1.13 bits per heavy atom. The van der Waals surface area contributed by atoms with Gasteiger partial charge in [0.2, 0.25) is 0 Å². The van der Waals surface area contributed by atoms with E-state index in [0.29, 0.717) is 6.04 Å². The van der Waals surface area contributed by atoms with E-state index < -0.39 is 11.7 Å². The van der Waals surface area contributed by atoms with Crippen LogP contribution in [0, 0.1) is 0 Å². The zero-order valence-electron chi connectivity index (χ0n) is 8.38. The number of rotatable bonds is 2. The Bertz CT molecular complexity index is 338. The fourth-order valence-corrected chi connectivity index (χ4v) is 1.56. The monoisotopic (exact) mass is 215 g/mol. The third-order valence-electron chi connectivity index (χ3n) is 2.70. The van der Waals surface area contributed by atoms with Crippen molar-refractivity contribution in [3.8, 4) is 0 Å². The van der Waals surface area contributed by atoms with Gasteiger partial charge in [0.05, 0.1) is 5.56 Å². The molecule has 0 heterocycles. The maximum atomic E-state index is 12.3. The summed E-state index contributed by atoms with van der Waals surface area (Å²) >= 11 is 0. The van der Waals surface area contributed by atoms with Crippen molar-refractivity contribution in [2.75, 3.05) is 11.9 Å². The maximum Gasteiger partial charge on any atom is 0.416 e. The molecule has 0 amide bonds. The third-order valence-corrected chi connectivity index (χ3v) is 2.70. The molecular weight excluding hydrogens is 203 g/mol. The van der Waals surface area contributed by atoms with Crippen LogP contribution in [0.2, 0.25) is 0 Å². The first-order valence-corrected chi connectivity index (χ1v) is 4.88. The molecule has 4 heteroatoms. The Balaban J connectivity index is 2.16. The van der Waals surface area contributed by atoms with Crippen LogP contribution >= 0.6 is 0 Å². The van der Waals surface area contributed by atoms with Crippen molar-refractivity contribution in [3.05, 3.63) is 29.8 Å². The molecule has 0 N–H and O–H groups in total. The number of nitrogens with zero attached hydrogens (tertiary/aromatic N) is 1. The SMILES string of the molecule is CN(c1ccc(C(F)(F)F)cc1)C1CC1. The Morgan fingerprint density at radius 3 is 2.07 bits per heavy atom.